The van der Waals surface area contributed by atoms with Crippen LogP contribution in [0.5, 0.6) is 11.5 Å². The number of nitrogens with two attached hydrogens (primary N) is 1. The van der Waals surface area contributed by atoms with Crippen LogP contribution < -0.4 is 15.2 Å². The molecule has 0 saturated heterocycles. The highest BCUT2D eigenvalue weighted by atomic mass is 35.5. The first-order valence-corrected chi connectivity index (χ1v) is 6.68. The van der Waals surface area contributed by atoms with E-state index in [1.807, 2.05) is 24.3 Å². The fraction of sp³-hybridized carbons (Fsp3) is 0.133. The van der Waals surface area contributed by atoms with Gasteiger partial charge >= 0.3 is 0 Å². The lowest BCUT2D eigenvalue weighted by Gasteiger charge is -2.11. The Morgan fingerprint density at radius 2 is 1.95 bits per heavy atom. The van der Waals surface area contributed by atoms with Gasteiger partial charge in [0.2, 0.25) is 0 Å². The first-order chi connectivity index (χ1) is 10.1. The Labute approximate surface area is 126 Å². The minimum Gasteiger partial charge on any atom is -0.493 e. The summed E-state index contributed by atoms with van der Waals surface area (Å²) in [5.74, 6) is 1.71. The fourth-order valence-corrected chi connectivity index (χ4v) is 2.55. The van der Waals surface area contributed by atoms with Crippen LogP contribution in [0, 0.1) is 0 Å². The summed E-state index contributed by atoms with van der Waals surface area (Å²) >= 11 is 6.40. The number of methoxy groups -OCH3 is 2. The molecule has 3 N–H and O–H groups in total. The summed E-state index contributed by atoms with van der Waals surface area (Å²) in [5, 5.41) is 0.448. The number of halogens is 1. The van der Waals surface area contributed by atoms with E-state index in [-0.39, 0.29) is 0 Å². The minimum atomic E-state index is 0.448. The summed E-state index contributed by atoms with van der Waals surface area (Å²) in [7, 11) is 3.12. The molecule has 0 bridgehead atoms. The average molecular weight is 304 g/mol. The monoisotopic (exact) mass is 303 g/mol. The van der Waals surface area contributed by atoms with Crippen molar-refractivity contribution in [2.24, 2.45) is 0 Å². The molecule has 0 aliphatic heterocycles. The number of nitrogens with zero attached hydrogens (tertiary/aromatic N) is 1. The van der Waals surface area contributed by atoms with Gasteiger partial charge in [0.05, 0.1) is 30.3 Å². The molecular weight excluding hydrogens is 290 g/mol. The molecular formula is C15H14ClN3O2. The van der Waals surface area contributed by atoms with Crippen LogP contribution >= 0.6 is 11.6 Å². The molecule has 0 amide bonds. The Kier molecular flexibility index (Phi) is 3.35. The molecule has 5 nitrogen and oxygen atoms in total. The number of fused-ring (bicyclic) bond motifs is 1. The molecule has 3 rings (SSSR count). The molecule has 2 aromatic carbocycles. The zero-order chi connectivity index (χ0) is 15.0. The molecule has 0 unspecified atom stereocenters. The second-order valence-electron chi connectivity index (χ2n) is 4.52. The minimum absolute atomic E-state index is 0.448. The summed E-state index contributed by atoms with van der Waals surface area (Å²) in [6.45, 7) is 0. The molecule has 0 saturated carbocycles. The van der Waals surface area contributed by atoms with Crippen LogP contribution in [-0.4, -0.2) is 24.2 Å². The van der Waals surface area contributed by atoms with E-state index in [1.54, 1.807) is 20.3 Å². The van der Waals surface area contributed by atoms with E-state index < -0.39 is 0 Å². The summed E-state index contributed by atoms with van der Waals surface area (Å²) in [6.07, 6.45) is 0. The number of rotatable bonds is 3. The molecule has 0 radical (unpaired) electrons. The number of aromatic amines is 1. The Morgan fingerprint density at radius 1 is 1.14 bits per heavy atom. The van der Waals surface area contributed by atoms with E-state index >= 15 is 0 Å². The fourth-order valence-electron chi connectivity index (χ4n) is 2.23. The summed E-state index contributed by atoms with van der Waals surface area (Å²) < 4.78 is 10.5. The van der Waals surface area contributed by atoms with Crippen molar-refractivity contribution >= 4 is 28.3 Å². The number of nitrogens with one attached hydrogen (secondary N) is 1. The Hall–Kier alpha value is -2.40. The highest BCUT2D eigenvalue weighted by molar-refractivity contribution is 6.35. The highest BCUT2D eigenvalue weighted by Crippen LogP contribution is 2.41. The largest absolute Gasteiger partial charge is 0.493 e. The van der Waals surface area contributed by atoms with Crippen LogP contribution in [0.4, 0.5) is 5.69 Å². The number of hydrogen-bond donors (Lipinski definition) is 2. The highest BCUT2D eigenvalue weighted by Gasteiger charge is 2.16. The molecule has 0 atom stereocenters. The van der Waals surface area contributed by atoms with Gasteiger partial charge < -0.3 is 20.2 Å². The number of nitrogen functional groups attached to an aromatic ring is 1. The maximum atomic E-state index is 6.40. The van der Waals surface area contributed by atoms with Crippen molar-refractivity contribution < 1.29 is 9.47 Å². The maximum Gasteiger partial charge on any atom is 0.180 e. The van der Waals surface area contributed by atoms with E-state index in [0.29, 0.717) is 28.0 Å². The van der Waals surface area contributed by atoms with Gasteiger partial charge in [-0.2, -0.15) is 0 Å². The van der Waals surface area contributed by atoms with Crippen LogP contribution in [0.1, 0.15) is 0 Å². The SMILES string of the molecule is COc1ccc(-c2nc3ccc(N)cc3[nH]2)c(Cl)c1OC. The van der Waals surface area contributed by atoms with E-state index in [9.17, 15) is 0 Å². The third-order valence-electron chi connectivity index (χ3n) is 3.25. The van der Waals surface area contributed by atoms with Gasteiger partial charge in [-0.1, -0.05) is 11.6 Å². The molecule has 1 heterocycles. The Balaban J connectivity index is 2.18. The average Bonchev–Trinajstić information content (AvgIpc) is 2.89. The summed E-state index contributed by atoms with van der Waals surface area (Å²) in [5.41, 5.74) is 8.87. The van der Waals surface area contributed by atoms with Gasteiger partial charge in [-0.05, 0) is 30.3 Å². The molecule has 108 valence electrons. The van der Waals surface area contributed by atoms with Gasteiger partial charge in [-0.25, -0.2) is 4.98 Å². The molecule has 0 fully saturated rings. The molecule has 21 heavy (non-hydrogen) atoms. The lowest BCUT2D eigenvalue weighted by molar-refractivity contribution is 0.355. The van der Waals surface area contributed by atoms with Crippen molar-refractivity contribution in [3.05, 3.63) is 35.4 Å². The van der Waals surface area contributed by atoms with E-state index in [0.717, 1.165) is 16.6 Å². The number of anilines is 1. The maximum absolute atomic E-state index is 6.40. The van der Waals surface area contributed by atoms with Gasteiger partial charge in [-0.3, -0.25) is 0 Å². The Bertz CT molecular complexity index is 814. The van der Waals surface area contributed by atoms with Crippen LogP contribution in [0.2, 0.25) is 5.02 Å². The lowest BCUT2D eigenvalue weighted by atomic mass is 10.2. The van der Waals surface area contributed by atoms with Gasteiger partial charge in [0.1, 0.15) is 5.82 Å². The van der Waals surface area contributed by atoms with Crippen molar-refractivity contribution in [2.75, 3.05) is 20.0 Å². The van der Waals surface area contributed by atoms with Crippen molar-refractivity contribution in [3.8, 4) is 22.9 Å². The van der Waals surface area contributed by atoms with Gasteiger partial charge in [0.25, 0.3) is 0 Å². The molecule has 6 heteroatoms. The van der Waals surface area contributed by atoms with E-state index in [4.69, 9.17) is 26.8 Å². The van der Waals surface area contributed by atoms with Gasteiger partial charge in [0.15, 0.2) is 11.5 Å². The first kappa shape index (κ1) is 13.6. The van der Waals surface area contributed by atoms with E-state index in [1.165, 1.54) is 0 Å². The van der Waals surface area contributed by atoms with Crippen LogP contribution in [0.15, 0.2) is 30.3 Å². The molecule has 1 aromatic heterocycles. The van der Waals surface area contributed by atoms with Crippen molar-refractivity contribution in [1.82, 2.24) is 9.97 Å². The number of aromatic nitrogens is 2. The van der Waals surface area contributed by atoms with Crippen LogP contribution in [0.3, 0.4) is 0 Å². The van der Waals surface area contributed by atoms with Gasteiger partial charge in [0, 0.05) is 11.3 Å². The first-order valence-electron chi connectivity index (χ1n) is 6.30. The second kappa shape index (κ2) is 5.18. The smallest absolute Gasteiger partial charge is 0.180 e. The Morgan fingerprint density at radius 3 is 2.67 bits per heavy atom. The van der Waals surface area contributed by atoms with Crippen molar-refractivity contribution in [3.63, 3.8) is 0 Å². The molecule has 0 spiro atoms. The number of ether oxygens (including phenoxy) is 2. The zero-order valence-corrected chi connectivity index (χ0v) is 12.4. The summed E-state index contributed by atoms with van der Waals surface area (Å²) in [6, 6.07) is 9.13. The molecule has 0 aliphatic rings. The van der Waals surface area contributed by atoms with E-state index in [2.05, 4.69) is 9.97 Å². The third kappa shape index (κ3) is 2.25. The predicted octanol–water partition coefficient (Wildman–Crippen LogP) is 3.48. The number of benzene rings is 2. The summed E-state index contributed by atoms with van der Waals surface area (Å²) in [4.78, 5) is 7.73. The normalized spacial score (nSPS) is 10.8. The lowest BCUT2D eigenvalue weighted by Crippen LogP contribution is -1.93. The topological polar surface area (TPSA) is 73.2 Å². The standard InChI is InChI=1S/C15H14ClN3O2/c1-20-12-6-4-9(13(16)14(12)21-2)15-18-10-5-3-8(17)7-11(10)19-15/h3-7H,17H2,1-2H3,(H,18,19). The number of H-pyrrole nitrogens is 1. The zero-order valence-electron chi connectivity index (χ0n) is 11.6. The predicted molar refractivity (Wildman–Crippen MR) is 84.1 cm³/mol. The molecule has 3 aromatic rings. The molecule has 0 aliphatic carbocycles. The quantitative estimate of drug-likeness (QED) is 0.727. The number of imidazole rings is 1. The number of hydrogen-bond acceptors (Lipinski definition) is 4. The van der Waals surface area contributed by atoms with Crippen LogP contribution in [0.25, 0.3) is 22.4 Å². The van der Waals surface area contributed by atoms with Crippen LogP contribution in [-0.2, 0) is 0 Å². The van der Waals surface area contributed by atoms with Crippen molar-refractivity contribution in [2.45, 2.75) is 0 Å². The second-order valence-corrected chi connectivity index (χ2v) is 4.90. The third-order valence-corrected chi connectivity index (χ3v) is 3.62. The van der Waals surface area contributed by atoms with Gasteiger partial charge in [-0.15, -0.1) is 0 Å². The van der Waals surface area contributed by atoms with Crippen molar-refractivity contribution in [1.29, 1.82) is 0 Å².